The van der Waals surface area contributed by atoms with E-state index in [1.807, 2.05) is 0 Å². The second-order valence-electron chi connectivity index (χ2n) is 3.79. The molecule has 0 radical (unpaired) electrons. The van der Waals surface area contributed by atoms with Crippen LogP contribution in [0.1, 0.15) is 22.6 Å². The molecule has 0 fully saturated rings. The second-order valence-corrected chi connectivity index (χ2v) is 3.79. The first-order valence-electron chi connectivity index (χ1n) is 5.06. The molecule has 0 aromatic carbocycles. The number of carboxylic acid groups (broad SMARTS) is 1. The minimum atomic E-state index is -4.27. The summed E-state index contributed by atoms with van der Waals surface area (Å²) in [5.41, 5.74) is 0.146. The van der Waals surface area contributed by atoms with Crippen LogP contribution >= 0.6 is 0 Å². The number of aromatic nitrogens is 2. The zero-order valence-electron chi connectivity index (χ0n) is 9.82. The molecular formula is C10H12F3N3O2. The number of rotatable bonds is 4. The SMILES string of the molecule is Cc1cc(C(=O)O)nc(N(C)CCC(F)(F)F)n1. The molecule has 100 valence electrons. The fourth-order valence-electron chi connectivity index (χ4n) is 1.23. The van der Waals surface area contributed by atoms with Crippen molar-refractivity contribution < 1.29 is 23.1 Å². The van der Waals surface area contributed by atoms with Crippen molar-refractivity contribution in [1.29, 1.82) is 0 Å². The molecule has 0 aliphatic heterocycles. The molecule has 0 aliphatic carbocycles. The third kappa shape index (κ3) is 4.19. The lowest BCUT2D eigenvalue weighted by molar-refractivity contribution is -0.132. The summed E-state index contributed by atoms with van der Waals surface area (Å²) in [6, 6.07) is 1.25. The molecule has 0 saturated carbocycles. The quantitative estimate of drug-likeness (QED) is 0.898. The number of hydrogen-bond acceptors (Lipinski definition) is 4. The van der Waals surface area contributed by atoms with Crippen molar-refractivity contribution in [3.63, 3.8) is 0 Å². The Hall–Kier alpha value is -1.86. The Morgan fingerprint density at radius 1 is 1.44 bits per heavy atom. The highest BCUT2D eigenvalue weighted by Crippen LogP contribution is 2.20. The van der Waals surface area contributed by atoms with Gasteiger partial charge in [0, 0.05) is 19.3 Å². The second kappa shape index (κ2) is 5.19. The van der Waals surface area contributed by atoms with Crippen LogP contribution in [0.15, 0.2) is 6.07 Å². The minimum Gasteiger partial charge on any atom is -0.477 e. The molecule has 5 nitrogen and oxygen atoms in total. The number of halogens is 3. The molecule has 1 heterocycles. The molecule has 0 saturated heterocycles. The Balaban J connectivity index is 2.85. The Bertz CT molecular complexity index is 448. The fourth-order valence-corrected chi connectivity index (χ4v) is 1.23. The number of hydrogen-bond donors (Lipinski definition) is 1. The summed E-state index contributed by atoms with van der Waals surface area (Å²) in [7, 11) is 1.38. The fraction of sp³-hybridized carbons (Fsp3) is 0.500. The highest BCUT2D eigenvalue weighted by Gasteiger charge is 2.27. The summed E-state index contributed by atoms with van der Waals surface area (Å²) in [6.45, 7) is 1.22. The molecule has 1 aromatic heterocycles. The maximum absolute atomic E-state index is 12.1. The molecule has 18 heavy (non-hydrogen) atoms. The van der Waals surface area contributed by atoms with Gasteiger partial charge in [0.2, 0.25) is 5.95 Å². The highest BCUT2D eigenvalue weighted by molar-refractivity contribution is 5.85. The summed E-state index contributed by atoms with van der Waals surface area (Å²) >= 11 is 0. The van der Waals surface area contributed by atoms with Crippen molar-refractivity contribution in [3.05, 3.63) is 17.5 Å². The average molecular weight is 263 g/mol. The van der Waals surface area contributed by atoms with E-state index >= 15 is 0 Å². The molecule has 1 N–H and O–H groups in total. The Labute approximate surface area is 101 Å². The van der Waals surface area contributed by atoms with Crippen LogP contribution in [0.25, 0.3) is 0 Å². The van der Waals surface area contributed by atoms with E-state index in [4.69, 9.17) is 5.11 Å². The van der Waals surface area contributed by atoms with Crippen LogP contribution in [0.4, 0.5) is 19.1 Å². The average Bonchev–Trinajstić information content (AvgIpc) is 2.23. The lowest BCUT2D eigenvalue weighted by atomic mass is 10.3. The standard InChI is InChI=1S/C10H12F3N3O2/c1-6-5-7(8(17)18)15-9(14-6)16(2)4-3-10(11,12)13/h5H,3-4H2,1-2H3,(H,17,18). The van der Waals surface area contributed by atoms with E-state index in [0.29, 0.717) is 5.69 Å². The van der Waals surface area contributed by atoms with Gasteiger partial charge >= 0.3 is 12.1 Å². The predicted octanol–water partition coefficient (Wildman–Crippen LogP) is 1.87. The van der Waals surface area contributed by atoms with Crippen LogP contribution in [0.3, 0.4) is 0 Å². The van der Waals surface area contributed by atoms with E-state index in [0.717, 1.165) is 0 Å². The van der Waals surface area contributed by atoms with Crippen LogP contribution in [0.2, 0.25) is 0 Å². The van der Waals surface area contributed by atoms with Crippen LogP contribution in [0.5, 0.6) is 0 Å². The zero-order chi connectivity index (χ0) is 13.9. The van der Waals surface area contributed by atoms with Gasteiger partial charge in [0.05, 0.1) is 6.42 Å². The maximum Gasteiger partial charge on any atom is 0.390 e. The third-order valence-electron chi connectivity index (χ3n) is 2.13. The van der Waals surface area contributed by atoms with Crippen molar-refractivity contribution in [3.8, 4) is 0 Å². The highest BCUT2D eigenvalue weighted by atomic mass is 19.4. The molecule has 0 amide bonds. The largest absolute Gasteiger partial charge is 0.477 e. The number of carboxylic acids is 1. The topological polar surface area (TPSA) is 66.3 Å². The van der Waals surface area contributed by atoms with Crippen LogP contribution in [-0.4, -0.2) is 40.8 Å². The molecule has 8 heteroatoms. The monoisotopic (exact) mass is 263 g/mol. The Kier molecular flexibility index (Phi) is 4.10. The van der Waals surface area contributed by atoms with Crippen molar-refractivity contribution in [2.75, 3.05) is 18.5 Å². The van der Waals surface area contributed by atoms with E-state index in [1.54, 1.807) is 6.92 Å². The lowest BCUT2D eigenvalue weighted by Crippen LogP contribution is -2.26. The van der Waals surface area contributed by atoms with Gasteiger partial charge < -0.3 is 10.0 Å². The first kappa shape index (κ1) is 14.2. The van der Waals surface area contributed by atoms with Gasteiger partial charge in [-0.3, -0.25) is 0 Å². The smallest absolute Gasteiger partial charge is 0.390 e. The van der Waals surface area contributed by atoms with E-state index in [9.17, 15) is 18.0 Å². The number of carbonyl (C=O) groups is 1. The van der Waals surface area contributed by atoms with Gasteiger partial charge in [-0.05, 0) is 13.0 Å². The number of anilines is 1. The lowest BCUT2D eigenvalue weighted by Gasteiger charge is -2.18. The molecule has 0 bridgehead atoms. The molecule has 0 spiro atoms. The van der Waals surface area contributed by atoms with Gasteiger partial charge in [-0.1, -0.05) is 0 Å². The summed E-state index contributed by atoms with van der Waals surface area (Å²) < 4.78 is 36.2. The molecule has 0 unspecified atom stereocenters. The van der Waals surface area contributed by atoms with Gasteiger partial charge in [0.25, 0.3) is 0 Å². The Morgan fingerprint density at radius 3 is 2.56 bits per heavy atom. The van der Waals surface area contributed by atoms with E-state index in [2.05, 4.69) is 9.97 Å². The van der Waals surface area contributed by atoms with Gasteiger partial charge in [-0.25, -0.2) is 14.8 Å². The molecule has 1 aromatic rings. The van der Waals surface area contributed by atoms with Gasteiger partial charge in [0.15, 0.2) is 5.69 Å². The van der Waals surface area contributed by atoms with E-state index in [-0.39, 0.29) is 18.2 Å². The number of aromatic carboxylic acids is 1. The van der Waals surface area contributed by atoms with Crippen molar-refractivity contribution >= 4 is 11.9 Å². The van der Waals surface area contributed by atoms with E-state index < -0.39 is 18.6 Å². The zero-order valence-corrected chi connectivity index (χ0v) is 9.82. The van der Waals surface area contributed by atoms with Gasteiger partial charge in [-0.15, -0.1) is 0 Å². The number of nitrogens with zero attached hydrogens (tertiary/aromatic N) is 3. The molecular weight excluding hydrogens is 251 g/mol. The molecule has 0 atom stereocenters. The van der Waals surface area contributed by atoms with Crippen molar-refractivity contribution in [2.45, 2.75) is 19.5 Å². The summed E-state index contributed by atoms with van der Waals surface area (Å²) in [4.78, 5) is 19.5. The van der Waals surface area contributed by atoms with E-state index in [1.165, 1.54) is 18.0 Å². The molecule has 1 rings (SSSR count). The van der Waals surface area contributed by atoms with Crippen molar-refractivity contribution in [2.24, 2.45) is 0 Å². The van der Waals surface area contributed by atoms with Crippen LogP contribution in [0, 0.1) is 6.92 Å². The predicted molar refractivity (Wildman–Crippen MR) is 57.7 cm³/mol. The summed E-state index contributed by atoms with van der Waals surface area (Å²) in [5, 5.41) is 8.79. The van der Waals surface area contributed by atoms with Crippen LogP contribution < -0.4 is 4.90 Å². The number of aryl methyl sites for hydroxylation is 1. The third-order valence-corrected chi connectivity index (χ3v) is 2.13. The minimum absolute atomic E-state index is 0.0309. The summed E-state index contributed by atoms with van der Waals surface area (Å²) in [6.07, 6.45) is -5.28. The van der Waals surface area contributed by atoms with Crippen LogP contribution in [-0.2, 0) is 0 Å². The van der Waals surface area contributed by atoms with Gasteiger partial charge in [0.1, 0.15) is 0 Å². The maximum atomic E-state index is 12.1. The molecule has 0 aliphatic rings. The number of alkyl halides is 3. The Morgan fingerprint density at radius 2 is 2.06 bits per heavy atom. The summed E-state index contributed by atoms with van der Waals surface area (Å²) in [5.74, 6) is -1.28. The van der Waals surface area contributed by atoms with Gasteiger partial charge in [-0.2, -0.15) is 13.2 Å². The van der Waals surface area contributed by atoms with Crippen molar-refractivity contribution in [1.82, 2.24) is 9.97 Å². The normalized spacial score (nSPS) is 11.4. The first-order chi connectivity index (χ1) is 8.19. The first-order valence-corrected chi connectivity index (χ1v) is 5.06.